The Morgan fingerprint density at radius 3 is 2.34 bits per heavy atom. The number of rotatable bonds is 5. The third-order valence-corrected chi connectivity index (χ3v) is 6.94. The highest BCUT2D eigenvalue weighted by molar-refractivity contribution is 7.25. The largest absolute Gasteiger partial charge is 0.497 e. The number of nitrogens with zero attached hydrogens (tertiary/aromatic N) is 2. The molecule has 0 aliphatic heterocycles. The van der Waals surface area contributed by atoms with Crippen LogP contribution in [0.1, 0.15) is 11.1 Å². The van der Waals surface area contributed by atoms with Crippen LogP contribution in [0, 0.1) is 13.8 Å². The van der Waals surface area contributed by atoms with Gasteiger partial charge in [-0.25, -0.2) is 9.36 Å². The molecule has 0 spiro atoms. The van der Waals surface area contributed by atoms with Gasteiger partial charge in [-0.05, 0) is 67.4 Å². The van der Waals surface area contributed by atoms with E-state index in [4.69, 9.17) is 4.74 Å². The van der Waals surface area contributed by atoms with Crippen LogP contribution in [0.25, 0.3) is 26.0 Å². The fourth-order valence-electron chi connectivity index (χ4n) is 4.35. The molecule has 0 fully saturated rings. The highest BCUT2D eigenvalue weighted by Gasteiger charge is 2.21. The number of aryl methyl sites for hydroxylation is 2. The van der Waals surface area contributed by atoms with Crippen molar-refractivity contribution in [1.82, 2.24) is 9.13 Å². The number of benzene rings is 3. The third-order valence-electron chi connectivity index (χ3n) is 5.80. The lowest BCUT2D eigenvalue weighted by molar-refractivity contribution is -0.116. The number of ether oxygens (including phenoxy) is 1. The Balaban J connectivity index is 1.69. The van der Waals surface area contributed by atoms with Crippen molar-refractivity contribution in [1.29, 1.82) is 0 Å². The lowest BCUT2D eigenvalue weighted by Gasteiger charge is -2.14. The minimum Gasteiger partial charge on any atom is -0.497 e. The van der Waals surface area contributed by atoms with Crippen LogP contribution in [-0.4, -0.2) is 22.2 Å². The Bertz CT molecular complexity index is 1690. The SMILES string of the molecule is COc1ccc(-n2c(=O)c3sc4ccccc4c3n(CC(=O)Nc3cc(C)cc(C)c3)c2=O)cc1. The number of aromatic nitrogens is 2. The summed E-state index contributed by atoms with van der Waals surface area (Å²) in [6.07, 6.45) is 0. The summed E-state index contributed by atoms with van der Waals surface area (Å²) in [7, 11) is 1.55. The zero-order valence-electron chi connectivity index (χ0n) is 19.5. The van der Waals surface area contributed by atoms with Gasteiger partial charge < -0.3 is 10.1 Å². The first-order chi connectivity index (χ1) is 16.9. The van der Waals surface area contributed by atoms with E-state index >= 15 is 0 Å². The summed E-state index contributed by atoms with van der Waals surface area (Å²) < 4.78 is 8.99. The van der Waals surface area contributed by atoms with Crippen LogP contribution in [0.5, 0.6) is 5.75 Å². The molecule has 0 atom stereocenters. The topological polar surface area (TPSA) is 82.3 Å². The summed E-state index contributed by atoms with van der Waals surface area (Å²) in [6.45, 7) is 3.68. The van der Waals surface area contributed by atoms with Gasteiger partial charge >= 0.3 is 5.69 Å². The molecule has 35 heavy (non-hydrogen) atoms. The Labute approximate surface area is 204 Å². The second kappa shape index (κ2) is 8.88. The van der Waals surface area contributed by atoms with E-state index in [0.717, 1.165) is 25.8 Å². The average Bonchev–Trinajstić information content (AvgIpc) is 3.21. The van der Waals surface area contributed by atoms with E-state index in [-0.39, 0.29) is 12.5 Å². The van der Waals surface area contributed by atoms with Gasteiger partial charge in [-0.2, -0.15) is 0 Å². The summed E-state index contributed by atoms with van der Waals surface area (Å²) in [5, 5.41) is 3.66. The van der Waals surface area contributed by atoms with Gasteiger partial charge in [-0.3, -0.25) is 14.2 Å². The number of hydrogen-bond donors (Lipinski definition) is 1. The van der Waals surface area contributed by atoms with Crippen LogP contribution in [0.2, 0.25) is 0 Å². The first-order valence-electron chi connectivity index (χ1n) is 11.1. The molecular weight excluding hydrogens is 462 g/mol. The van der Waals surface area contributed by atoms with Crippen molar-refractivity contribution in [2.45, 2.75) is 20.4 Å². The highest BCUT2D eigenvalue weighted by Crippen LogP contribution is 2.31. The van der Waals surface area contributed by atoms with Gasteiger partial charge in [0.25, 0.3) is 5.56 Å². The Morgan fingerprint density at radius 2 is 1.66 bits per heavy atom. The molecule has 0 aliphatic carbocycles. The molecule has 0 unspecified atom stereocenters. The van der Waals surface area contributed by atoms with Crippen molar-refractivity contribution in [3.63, 3.8) is 0 Å². The van der Waals surface area contributed by atoms with E-state index in [2.05, 4.69) is 5.32 Å². The number of methoxy groups -OCH3 is 1. The normalized spacial score (nSPS) is 11.2. The lowest BCUT2D eigenvalue weighted by atomic mass is 10.1. The zero-order chi connectivity index (χ0) is 24.7. The van der Waals surface area contributed by atoms with E-state index < -0.39 is 11.2 Å². The number of hydrogen-bond acceptors (Lipinski definition) is 5. The number of amides is 1. The van der Waals surface area contributed by atoms with Crippen LogP contribution in [0.15, 0.2) is 76.3 Å². The molecule has 5 rings (SSSR count). The molecule has 1 amide bonds. The standard InChI is InChI=1S/C27H23N3O4S/c1-16-12-17(2)14-18(13-16)28-23(31)15-29-24-21-6-4-5-7-22(21)35-25(24)26(32)30(27(29)33)19-8-10-20(34-3)11-9-19/h4-14H,15H2,1-3H3,(H,28,31). The van der Waals surface area contributed by atoms with E-state index in [1.165, 1.54) is 15.9 Å². The summed E-state index contributed by atoms with van der Waals surface area (Å²) in [5.41, 5.74) is 2.60. The van der Waals surface area contributed by atoms with Crippen molar-refractivity contribution in [2.75, 3.05) is 12.4 Å². The molecule has 176 valence electrons. The average molecular weight is 486 g/mol. The molecular formula is C27H23N3O4S. The van der Waals surface area contributed by atoms with Crippen molar-refractivity contribution >= 4 is 43.2 Å². The predicted octanol–water partition coefficient (Wildman–Crippen LogP) is 4.63. The van der Waals surface area contributed by atoms with Crippen LogP contribution in [0.4, 0.5) is 5.69 Å². The van der Waals surface area contributed by atoms with Crippen LogP contribution in [-0.2, 0) is 11.3 Å². The summed E-state index contributed by atoms with van der Waals surface area (Å²) >= 11 is 1.31. The van der Waals surface area contributed by atoms with Crippen molar-refractivity contribution in [2.24, 2.45) is 0 Å². The van der Waals surface area contributed by atoms with Gasteiger partial charge in [0.2, 0.25) is 5.91 Å². The maximum absolute atomic E-state index is 13.7. The number of carbonyl (C=O) groups excluding carboxylic acids is 1. The Morgan fingerprint density at radius 1 is 0.971 bits per heavy atom. The first kappa shape index (κ1) is 22.6. The molecule has 0 aliphatic rings. The second-order valence-corrected chi connectivity index (χ2v) is 9.46. The van der Waals surface area contributed by atoms with Gasteiger partial charge in [0.05, 0.1) is 18.3 Å². The fourth-order valence-corrected chi connectivity index (χ4v) is 5.48. The molecule has 3 aromatic carbocycles. The summed E-state index contributed by atoms with van der Waals surface area (Å²) in [6, 6.07) is 20.0. The number of nitrogens with one attached hydrogen (secondary N) is 1. The van der Waals surface area contributed by atoms with Crippen molar-refractivity contribution < 1.29 is 9.53 Å². The molecule has 0 radical (unpaired) electrons. The molecule has 5 aromatic rings. The van der Waals surface area contributed by atoms with Crippen LogP contribution in [0.3, 0.4) is 0 Å². The molecule has 1 N–H and O–H groups in total. The highest BCUT2D eigenvalue weighted by atomic mass is 32.1. The summed E-state index contributed by atoms with van der Waals surface area (Å²) in [5.74, 6) is 0.256. The van der Waals surface area contributed by atoms with E-state index in [1.54, 1.807) is 31.4 Å². The van der Waals surface area contributed by atoms with Gasteiger partial charge in [0, 0.05) is 15.8 Å². The van der Waals surface area contributed by atoms with E-state index in [0.29, 0.717) is 27.3 Å². The van der Waals surface area contributed by atoms with E-state index in [1.807, 2.05) is 56.3 Å². The summed E-state index contributed by atoms with van der Waals surface area (Å²) in [4.78, 5) is 40.3. The second-order valence-electron chi connectivity index (χ2n) is 8.41. The predicted molar refractivity (Wildman–Crippen MR) is 140 cm³/mol. The molecule has 2 aromatic heterocycles. The van der Waals surface area contributed by atoms with E-state index in [9.17, 15) is 14.4 Å². The van der Waals surface area contributed by atoms with Gasteiger partial charge in [0.15, 0.2) is 0 Å². The molecule has 0 saturated carbocycles. The molecule has 0 saturated heterocycles. The third kappa shape index (κ3) is 4.13. The minimum absolute atomic E-state index is 0.237. The van der Waals surface area contributed by atoms with Crippen molar-refractivity contribution in [3.05, 3.63) is 98.7 Å². The molecule has 7 nitrogen and oxygen atoms in total. The monoisotopic (exact) mass is 485 g/mol. The zero-order valence-corrected chi connectivity index (χ0v) is 20.3. The maximum atomic E-state index is 13.7. The number of thiophene rings is 1. The van der Waals surface area contributed by atoms with Crippen LogP contribution >= 0.6 is 11.3 Å². The Kier molecular flexibility index (Phi) is 5.74. The van der Waals surface area contributed by atoms with Crippen LogP contribution < -0.4 is 21.3 Å². The lowest BCUT2D eigenvalue weighted by Crippen LogP contribution is -2.40. The molecule has 8 heteroatoms. The smallest absolute Gasteiger partial charge is 0.336 e. The number of anilines is 1. The first-order valence-corrected chi connectivity index (χ1v) is 11.9. The van der Waals surface area contributed by atoms with Gasteiger partial charge in [-0.15, -0.1) is 11.3 Å². The minimum atomic E-state index is -0.577. The number of carbonyl (C=O) groups is 1. The number of fused-ring (bicyclic) bond motifs is 3. The molecule has 0 bridgehead atoms. The maximum Gasteiger partial charge on any atom is 0.336 e. The fraction of sp³-hybridized carbons (Fsp3) is 0.148. The van der Waals surface area contributed by atoms with Gasteiger partial charge in [0.1, 0.15) is 17.0 Å². The van der Waals surface area contributed by atoms with Crippen molar-refractivity contribution in [3.8, 4) is 11.4 Å². The van der Waals surface area contributed by atoms with Gasteiger partial charge in [-0.1, -0.05) is 24.3 Å². The molecule has 2 heterocycles. The quantitative estimate of drug-likeness (QED) is 0.394. The Hall–Kier alpha value is -4.17.